The van der Waals surface area contributed by atoms with E-state index in [0.717, 1.165) is 18.5 Å². The van der Waals surface area contributed by atoms with E-state index in [9.17, 15) is 9.59 Å². The number of aryl methyl sites for hydroxylation is 2. The molecule has 0 unspecified atom stereocenters. The van der Waals surface area contributed by atoms with Gasteiger partial charge in [-0.3, -0.25) is 9.59 Å². The smallest absolute Gasteiger partial charge is 0.306 e. The predicted octanol–water partition coefficient (Wildman–Crippen LogP) is 1.53. The number of aromatic nitrogens is 2. The summed E-state index contributed by atoms with van der Waals surface area (Å²) in [5.41, 5.74) is 1.26. The summed E-state index contributed by atoms with van der Waals surface area (Å²) in [4.78, 5) is 30.2. The van der Waals surface area contributed by atoms with Crippen LogP contribution in [0.4, 0.5) is 0 Å². The van der Waals surface area contributed by atoms with Gasteiger partial charge in [-0.1, -0.05) is 13.3 Å². The third-order valence-electron chi connectivity index (χ3n) is 2.59. The summed E-state index contributed by atoms with van der Waals surface area (Å²) < 4.78 is 4.86. The van der Waals surface area contributed by atoms with Gasteiger partial charge in [0.1, 0.15) is 5.82 Å². The maximum Gasteiger partial charge on any atom is 0.306 e. The fourth-order valence-corrected chi connectivity index (χ4v) is 1.83. The van der Waals surface area contributed by atoms with E-state index in [4.69, 9.17) is 4.74 Å². The van der Waals surface area contributed by atoms with Crippen molar-refractivity contribution >= 4 is 5.97 Å². The van der Waals surface area contributed by atoms with Crippen molar-refractivity contribution in [2.24, 2.45) is 0 Å². The van der Waals surface area contributed by atoms with E-state index in [1.165, 1.54) is 0 Å². The van der Waals surface area contributed by atoms with Crippen LogP contribution in [0.3, 0.4) is 0 Å². The molecule has 0 aliphatic carbocycles. The quantitative estimate of drug-likeness (QED) is 0.779. The van der Waals surface area contributed by atoms with E-state index in [1.54, 1.807) is 13.8 Å². The molecule has 5 nitrogen and oxygen atoms in total. The number of ether oxygens (including phenoxy) is 1. The molecule has 18 heavy (non-hydrogen) atoms. The lowest BCUT2D eigenvalue weighted by atomic mass is 10.1. The fraction of sp³-hybridized carbons (Fsp3) is 0.615. The number of H-pyrrole nitrogens is 1. The Kier molecular flexibility index (Phi) is 5.55. The number of esters is 1. The average Bonchev–Trinajstić information content (AvgIpc) is 2.28. The van der Waals surface area contributed by atoms with Crippen molar-refractivity contribution in [3.63, 3.8) is 0 Å². The zero-order valence-corrected chi connectivity index (χ0v) is 11.2. The van der Waals surface area contributed by atoms with Crippen LogP contribution in [0, 0.1) is 6.92 Å². The summed E-state index contributed by atoms with van der Waals surface area (Å²) in [6.07, 6.45) is 2.28. The molecule has 0 aliphatic heterocycles. The Labute approximate surface area is 107 Å². The molecular formula is C13H20N2O3. The van der Waals surface area contributed by atoms with Crippen LogP contribution in [-0.2, 0) is 22.4 Å². The van der Waals surface area contributed by atoms with Gasteiger partial charge >= 0.3 is 5.97 Å². The molecule has 1 aromatic rings. The maximum absolute atomic E-state index is 11.9. The van der Waals surface area contributed by atoms with Gasteiger partial charge in [0, 0.05) is 12.0 Å². The Morgan fingerprint density at radius 3 is 2.67 bits per heavy atom. The maximum atomic E-state index is 11.9. The summed E-state index contributed by atoms with van der Waals surface area (Å²) in [5.74, 6) is 0.336. The van der Waals surface area contributed by atoms with Gasteiger partial charge in [-0.2, -0.15) is 0 Å². The van der Waals surface area contributed by atoms with Crippen LogP contribution in [0.1, 0.15) is 43.8 Å². The molecule has 0 saturated carbocycles. The Morgan fingerprint density at radius 1 is 1.33 bits per heavy atom. The molecule has 1 N–H and O–H groups in total. The number of nitrogens with zero attached hydrogens (tertiary/aromatic N) is 1. The molecule has 0 bridgehead atoms. The van der Waals surface area contributed by atoms with Gasteiger partial charge in [-0.25, -0.2) is 4.98 Å². The van der Waals surface area contributed by atoms with Crippen LogP contribution < -0.4 is 5.56 Å². The molecule has 100 valence electrons. The van der Waals surface area contributed by atoms with Crippen molar-refractivity contribution in [2.45, 2.75) is 46.5 Å². The van der Waals surface area contributed by atoms with E-state index < -0.39 is 0 Å². The highest BCUT2D eigenvalue weighted by molar-refractivity contribution is 5.69. The van der Waals surface area contributed by atoms with Crippen molar-refractivity contribution in [3.8, 4) is 0 Å². The molecule has 1 heterocycles. The zero-order chi connectivity index (χ0) is 13.5. The summed E-state index contributed by atoms with van der Waals surface area (Å²) in [6.45, 7) is 5.92. The van der Waals surface area contributed by atoms with Gasteiger partial charge in [-0.15, -0.1) is 0 Å². The molecule has 5 heteroatoms. The van der Waals surface area contributed by atoms with Gasteiger partial charge in [-0.05, 0) is 26.7 Å². The second-order valence-corrected chi connectivity index (χ2v) is 4.13. The summed E-state index contributed by atoms with van der Waals surface area (Å²) in [5, 5.41) is 0. The van der Waals surface area contributed by atoms with E-state index in [-0.39, 0.29) is 17.9 Å². The number of rotatable bonds is 6. The van der Waals surface area contributed by atoms with Crippen LogP contribution in [-0.4, -0.2) is 22.5 Å². The molecule has 0 aliphatic rings. The van der Waals surface area contributed by atoms with Crippen molar-refractivity contribution in [1.82, 2.24) is 9.97 Å². The average molecular weight is 252 g/mol. The highest BCUT2D eigenvalue weighted by Gasteiger charge is 2.12. The lowest BCUT2D eigenvalue weighted by Gasteiger charge is -2.07. The largest absolute Gasteiger partial charge is 0.466 e. The number of carbonyl (C=O) groups is 1. The Bertz CT molecular complexity index is 466. The summed E-state index contributed by atoms with van der Waals surface area (Å²) in [6, 6.07) is 0. The first-order valence-corrected chi connectivity index (χ1v) is 6.32. The Hall–Kier alpha value is -1.65. The molecule has 0 spiro atoms. The lowest BCUT2D eigenvalue weighted by Crippen LogP contribution is -2.20. The Balaban J connectivity index is 2.86. The van der Waals surface area contributed by atoms with Crippen molar-refractivity contribution in [3.05, 3.63) is 27.4 Å². The Morgan fingerprint density at radius 2 is 2.06 bits per heavy atom. The monoisotopic (exact) mass is 252 g/mol. The first-order valence-electron chi connectivity index (χ1n) is 6.32. The topological polar surface area (TPSA) is 72.0 Å². The van der Waals surface area contributed by atoms with E-state index in [2.05, 4.69) is 9.97 Å². The van der Waals surface area contributed by atoms with Crippen molar-refractivity contribution in [1.29, 1.82) is 0 Å². The van der Waals surface area contributed by atoms with Crippen LogP contribution in [0.15, 0.2) is 4.79 Å². The van der Waals surface area contributed by atoms with Gasteiger partial charge in [0.05, 0.1) is 12.3 Å². The second kappa shape index (κ2) is 6.93. The number of carbonyl (C=O) groups excluding carboxylic acids is 1. The van der Waals surface area contributed by atoms with Gasteiger partial charge in [0.15, 0.2) is 0 Å². The molecule has 1 aromatic heterocycles. The molecule has 0 aromatic carbocycles. The number of aromatic amines is 1. The minimum Gasteiger partial charge on any atom is -0.466 e. The zero-order valence-electron chi connectivity index (χ0n) is 11.2. The summed E-state index contributed by atoms with van der Waals surface area (Å²) >= 11 is 0. The SMILES string of the molecule is CCCc1nc(C)[nH]c(=O)c1CCC(=O)OCC. The fourth-order valence-electron chi connectivity index (χ4n) is 1.83. The molecule has 0 fully saturated rings. The molecule has 1 rings (SSSR count). The van der Waals surface area contributed by atoms with Crippen molar-refractivity contribution < 1.29 is 9.53 Å². The third-order valence-corrected chi connectivity index (χ3v) is 2.59. The first kappa shape index (κ1) is 14.4. The van der Waals surface area contributed by atoms with E-state index in [1.807, 2.05) is 6.92 Å². The molecule has 0 amide bonds. The highest BCUT2D eigenvalue weighted by atomic mass is 16.5. The van der Waals surface area contributed by atoms with Gasteiger partial charge in [0.25, 0.3) is 5.56 Å². The first-order chi connectivity index (χ1) is 8.58. The number of hydrogen-bond donors (Lipinski definition) is 1. The second-order valence-electron chi connectivity index (χ2n) is 4.13. The lowest BCUT2D eigenvalue weighted by molar-refractivity contribution is -0.143. The predicted molar refractivity (Wildman–Crippen MR) is 68.5 cm³/mol. The van der Waals surface area contributed by atoms with Crippen molar-refractivity contribution in [2.75, 3.05) is 6.61 Å². The van der Waals surface area contributed by atoms with Crippen LogP contribution in [0.25, 0.3) is 0 Å². The normalized spacial score (nSPS) is 10.4. The number of hydrogen-bond acceptors (Lipinski definition) is 4. The van der Waals surface area contributed by atoms with E-state index >= 15 is 0 Å². The van der Waals surface area contributed by atoms with E-state index in [0.29, 0.717) is 24.4 Å². The molecule has 0 saturated heterocycles. The molecule has 0 radical (unpaired) electrons. The standard InChI is InChI=1S/C13H20N2O3/c1-4-6-11-10(7-8-12(16)18-5-2)13(17)15-9(3)14-11/h4-8H2,1-3H3,(H,14,15,17). The van der Waals surface area contributed by atoms with Crippen LogP contribution >= 0.6 is 0 Å². The molecular weight excluding hydrogens is 232 g/mol. The highest BCUT2D eigenvalue weighted by Crippen LogP contribution is 2.07. The third kappa shape index (κ3) is 3.98. The number of nitrogens with one attached hydrogen (secondary N) is 1. The molecule has 0 atom stereocenters. The van der Waals surface area contributed by atoms with Gasteiger partial charge < -0.3 is 9.72 Å². The summed E-state index contributed by atoms with van der Waals surface area (Å²) in [7, 11) is 0. The van der Waals surface area contributed by atoms with Gasteiger partial charge in [0.2, 0.25) is 0 Å². The minimum absolute atomic E-state index is 0.143. The van der Waals surface area contributed by atoms with Crippen LogP contribution in [0.2, 0.25) is 0 Å². The van der Waals surface area contributed by atoms with Crippen LogP contribution in [0.5, 0.6) is 0 Å². The minimum atomic E-state index is -0.278.